The van der Waals surface area contributed by atoms with E-state index in [1.165, 1.54) is 17.7 Å². The molecule has 1 aliphatic rings. The number of nitrogens with one attached hydrogen (secondary N) is 1. The van der Waals surface area contributed by atoms with E-state index in [9.17, 15) is 4.79 Å². The second-order valence-electron chi connectivity index (χ2n) is 7.99. The molecule has 0 spiro atoms. The van der Waals surface area contributed by atoms with Crippen LogP contribution in [0, 0.1) is 11.3 Å². The van der Waals surface area contributed by atoms with Crippen LogP contribution in [0.5, 0.6) is 0 Å². The van der Waals surface area contributed by atoms with Crippen LogP contribution < -0.4 is 0 Å². The van der Waals surface area contributed by atoms with Crippen molar-refractivity contribution in [2.24, 2.45) is 11.3 Å². The average molecular weight is 340 g/mol. The number of aromatic nitrogens is 2. The molecular formula is C21H28N2O2. The predicted octanol–water partition coefficient (Wildman–Crippen LogP) is 4.62. The molecule has 0 aromatic carbocycles. The fraction of sp³-hybridized carbons (Fsp3) is 0.524. The van der Waals surface area contributed by atoms with Crippen molar-refractivity contribution >= 4 is 17.0 Å². The van der Waals surface area contributed by atoms with Crippen LogP contribution in [0.3, 0.4) is 0 Å². The van der Waals surface area contributed by atoms with E-state index in [4.69, 9.17) is 9.72 Å². The maximum absolute atomic E-state index is 12.3. The summed E-state index contributed by atoms with van der Waals surface area (Å²) in [4.78, 5) is 20.5. The largest absolute Gasteiger partial charge is 0.461 e. The Morgan fingerprint density at radius 2 is 2.24 bits per heavy atom. The normalized spacial score (nSPS) is 17.4. The molecule has 3 rings (SSSR count). The van der Waals surface area contributed by atoms with Crippen molar-refractivity contribution in [2.75, 3.05) is 6.61 Å². The standard InChI is InChI=1S/C21H28N2O2/c1-6-8-15-18-17(23-19(15)20(24)25-7-2)12-13-11-14(21(3,4)5)9-10-16(13)22-18/h6,12,14,23H,1,7-11H2,2-5H3. The van der Waals surface area contributed by atoms with Crippen molar-refractivity contribution in [1.82, 2.24) is 9.97 Å². The molecule has 0 radical (unpaired) electrons. The number of carbonyl (C=O) groups excluding carboxylic acids is 1. The van der Waals surface area contributed by atoms with Gasteiger partial charge >= 0.3 is 5.97 Å². The van der Waals surface area contributed by atoms with Gasteiger partial charge in [0.1, 0.15) is 5.69 Å². The van der Waals surface area contributed by atoms with Crippen LogP contribution in [0.1, 0.15) is 61.4 Å². The highest BCUT2D eigenvalue weighted by Gasteiger charge is 2.30. The van der Waals surface area contributed by atoms with Gasteiger partial charge < -0.3 is 9.72 Å². The molecule has 4 heteroatoms. The van der Waals surface area contributed by atoms with Crippen molar-refractivity contribution in [3.8, 4) is 0 Å². The Labute approximate surface area is 149 Å². The van der Waals surface area contributed by atoms with Crippen LogP contribution in [0.25, 0.3) is 11.0 Å². The lowest BCUT2D eigenvalue weighted by atomic mass is 9.71. The van der Waals surface area contributed by atoms with Gasteiger partial charge in [0.05, 0.1) is 17.6 Å². The molecule has 1 unspecified atom stereocenters. The predicted molar refractivity (Wildman–Crippen MR) is 101 cm³/mol. The Morgan fingerprint density at radius 3 is 2.88 bits per heavy atom. The number of nitrogens with zero attached hydrogens (tertiary/aromatic N) is 1. The van der Waals surface area contributed by atoms with Gasteiger partial charge in [-0.15, -0.1) is 6.58 Å². The number of aryl methyl sites for hydroxylation is 1. The van der Waals surface area contributed by atoms with E-state index < -0.39 is 0 Å². The number of pyridine rings is 1. The number of hydrogen-bond donors (Lipinski definition) is 1. The molecule has 2 heterocycles. The maximum Gasteiger partial charge on any atom is 0.355 e. The fourth-order valence-electron chi connectivity index (χ4n) is 3.78. The van der Waals surface area contributed by atoms with Crippen molar-refractivity contribution in [3.63, 3.8) is 0 Å². The zero-order valence-corrected chi connectivity index (χ0v) is 15.7. The second kappa shape index (κ2) is 6.66. The van der Waals surface area contributed by atoms with Gasteiger partial charge in [0, 0.05) is 11.3 Å². The van der Waals surface area contributed by atoms with Crippen molar-refractivity contribution in [2.45, 2.75) is 53.4 Å². The molecule has 0 aliphatic heterocycles. The Kier molecular flexibility index (Phi) is 4.72. The summed E-state index contributed by atoms with van der Waals surface area (Å²) in [5.41, 5.74) is 5.99. The molecule has 0 fully saturated rings. The number of hydrogen-bond acceptors (Lipinski definition) is 3. The minimum Gasteiger partial charge on any atom is -0.461 e. The molecule has 0 saturated heterocycles. The van der Waals surface area contributed by atoms with Crippen LogP contribution >= 0.6 is 0 Å². The molecule has 4 nitrogen and oxygen atoms in total. The van der Waals surface area contributed by atoms with Crippen LogP contribution in [0.2, 0.25) is 0 Å². The molecule has 1 N–H and O–H groups in total. The first-order chi connectivity index (χ1) is 11.8. The first kappa shape index (κ1) is 17.7. The topological polar surface area (TPSA) is 55.0 Å². The third kappa shape index (κ3) is 3.35. The second-order valence-corrected chi connectivity index (χ2v) is 7.99. The van der Waals surface area contributed by atoms with Gasteiger partial charge in [-0.05, 0) is 55.6 Å². The molecule has 0 bridgehead atoms. The van der Waals surface area contributed by atoms with E-state index in [0.29, 0.717) is 30.1 Å². The number of esters is 1. The van der Waals surface area contributed by atoms with Crippen LogP contribution in [0.4, 0.5) is 0 Å². The van der Waals surface area contributed by atoms with Crippen molar-refractivity contribution in [1.29, 1.82) is 0 Å². The molecule has 25 heavy (non-hydrogen) atoms. The molecular weight excluding hydrogens is 312 g/mol. The lowest BCUT2D eigenvalue weighted by Gasteiger charge is -2.34. The van der Waals surface area contributed by atoms with Crippen LogP contribution in [-0.4, -0.2) is 22.5 Å². The number of aromatic amines is 1. The van der Waals surface area contributed by atoms with Crippen LogP contribution in [-0.2, 0) is 24.0 Å². The van der Waals surface area contributed by atoms with Gasteiger partial charge in [-0.25, -0.2) is 4.79 Å². The minimum absolute atomic E-state index is 0.298. The molecule has 1 aliphatic carbocycles. The molecule has 1 atom stereocenters. The van der Waals surface area contributed by atoms with Crippen molar-refractivity contribution in [3.05, 3.63) is 41.2 Å². The van der Waals surface area contributed by atoms with Gasteiger partial charge in [-0.2, -0.15) is 0 Å². The summed E-state index contributed by atoms with van der Waals surface area (Å²) in [7, 11) is 0. The molecule has 0 amide bonds. The van der Waals surface area contributed by atoms with Gasteiger partial charge in [0.25, 0.3) is 0 Å². The summed E-state index contributed by atoms with van der Waals surface area (Å²) in [6.45, 7) is 12.9. The summed E-state index contributed by atoms with van der Waals surface area (Å²) in [5.74, 6) is 0.342. The molecule has 2 aromatic heterocycles. The maximum atomic E-state index is 12.3. The summed E-state index contributed by atoms with van der Waals surface area (Å²) < 4.78 is 5.20. The zero-order chi connectivity index (χ0) is 18.2. The number of ether oxygens (including phenoxy) is 1. The zero-order valence-electron chi connectivity index (χ0n) is 15.7. The number of fused-ring (bicyclic) bond motifs is 2. The van der Waals surface area contributed by atoms with E-state index in [1.807, 2.05) is 13.0 Å². The Hall–Kier alpha value is -2.10. The van der Waals surface area contributed by atoms with Crippen molar-refractivity contribution < 1.29 is 9.53 Å². The van der Waals surface area contributed by atoms with Gasteiger partial charge in [-0.3, -0.25) is 4.98 Å². The first-order valence-corrected chi connectivity index (χ1v) is 9.16. The number of H-pyrrole nitrogens is 1. The monoisotopic (exact) mass is 340 g/mol. The van der Waals surface area contributed by atoms with E-state index in [0.717, 1.165) is 29.4 Å². The molecule has 134 valence electrons. The first-order valence-electron chi connectivity index (χ1n) is 9.16. The summed E-state index contributed by atoms with van der Waals surface area (Å²) in [6, 6.07) is 2.19. The van der Waals surface area contributed by atoms with E-state index in [2.05, 4.69) is 38.4 Å². The fourth-order valence-corrected chi connectivity index (χ4v) is 3.78. The molecule has 2 aromatic rings. The number of carbonyl (C=O) groups is 1. The van der Waals surface area contributed by atoms with Gasteiger partial charge in [0.15, 0.2) is 0 Å². The lowest BCUT2D eigenvalue weighted by Crippen LogP contribution is -2.27. The Balaban J connectivity index is 2.07. The summed E-state index contributed by atoms with van der Waals surface area (Å²) in [5, 5.41) is 0. The van der Waals surface area contributed by atoms with E-state index in [1.54, 1.807) is 0 Å². The Bertz CT molecular complexity index is 811. The SMILES string of the molecule is C=CCc1c(C(=O)OCC)[nH]c2cc3c(nc12)CCC(C(C)(C)C)C3. The van der Waals surface area contributed by atoms with Crippen LogP contribution in [0.15, 0.2) is 18.7 Å². The highest BCUT2D eigenvalue weighted by atomic mass is 16.5. The quantitative estimate of drug-likeness (QED) is 0.653. The van der Waals surface area contributed by atoms with Gasteiger partial charge in [0.2, 0.25) is 0 Å². The highest BCUT2D eigenvalue weighted by molar-refractivity contribution is 5.97. The Morgan fingerprint density at radius 1 is 1.48 bits per heavy atom. The smallest absolute Gasteiger partial charge is 0.355 e. The number of rotatable bonds is 4. The number of allylic oxidation sites excluding steroid dienone is 1. The third-order valence-electron chi connectivity index (χ3n) is 5.29. The summed E-state index contributed by atoms with van der Waals surface area (Å²) >= 11 is 0. The molecule has 0 saturated carbocycles. The van der Waals surface area contributed by atoms with E-state index in [-0.39, 0.29) is 5.97 Å². The third-order valence-corrected chi connectivity index (χ3v) is 5.29. The lowest BCUT2D eigenvalue weighted by molar-refractivity contribution is 0.0519. The van der Waals surface area contributed by atoms with E-state index >= 15 is 0 Å². The van der Waals surface area contributed by atoms with Gasteiger partial charge in [-0.1, -0.05) is 26.8 Å². The highest BCUT2D eigenvalue weighted by Crippen LogP contribution is 2.38. The summed E-state index contributed by atoms with van der Waals surface area (Å²) in [6.07, 6.45) is 5.63. The minimum atomic E-state index is -0.317. The average Bonchev–Trinajstić information content (AvgIpc) is 2.90.